The first kappa shape index (κ1) is 20.0. The van der Waals surface area contributed by atoms with Crippen LogP contribution in [0.25, 0.3) is 10.8 Å². The second-order valence-corrected chi connectivity index (χ2v) is 7.57. The van der Waals surface area contributed by atoms with E-state index >= 15 is 0 Å². The van der Waals surface area contributed by atoms with Gasteiger partial charge in [-0.1, -0.05) is 12.1 Å². The standard InChI is InChI=1S/C22H27N7O/c1-2-29-12-10-25-20(29)15-28-11-4-6-17(14-28)21(23)27-22(30)26-19-7-3-5-16-13-24-9-8-18(16)19/h3,5,7-10,12-13,17H,2,4,6,11,14-15H2,1H3,(H3,23,26,27,30). The maximum atomic E-state index is 12.5. The van der Waals surface area contributed by atoms with Crippen molar-refractivity contribution >= 4 is 28.3 Å². The number of fused-ring (bicyclic) bond motifs is 1. The number of anilines is 1. The third-order valence-electron chi connectivity index (χ3n) is 5.58. The normalized spacial score (nSPS) is 17.9. The Morgan fingerprint density at radius 2 is 2.23 bits per heavy atom. The van der Waals surface area contributed by atoms with E-state index in [1.165, 1.54) is 0 Å². The molecular formula is C22H27N7O. The molecule has 0 saturated carbocycles. The molecule has 8 nitrogen and oxygen atoms in total. The summed E-state index contributed by atoms with van der Waals surface area (Å²) in [4.78, 5) is 27.6. The average Bonchev–Trinajstić information content (AvgIpc) is 3.21. The van der Waals surface area contributed by atoms with Crippen LogP contribution in [0.3, 0.4) is 0 Å². The third-order valence-corrected chi connectivity index (χ3v) is 5.58. The molecule has 0 spiro atoms. The number of piperidine rings is 1. The Bertz CT molecular complexity index is 1050. The van der Waals surface area contributed by atoms with Gasteiger partial charge in [0.25, 0.3) is 0 Å². The number of aryl methyl sites for hydroxylation is 1. The number of imidazole rings is 1. The van der Waals surface area contributed by atoms with Gasteiger partial charge in [0.05, 0.1) is 12.2 Å². The summed E-state index contributed by atoms with van der Waals surface area (Å²) in [5.41, 5.74) is 6.94. The fourth-order valence-corrected chi connectivity index (χ4v) is 4.00. The van der Waals surface area contributed by atoms with Crippen LogP contribution in [0, 0.1) is 5.92 Å². The molecule has 8 heteroatoms. The number of pyridine rings is 1. The number of hydrogen-bond donors (Lipinski definition) is 2. The number of nitrogens with one attached hydrogen (secondary N) is 1. The SMILES string of the molecule is CCn1ccnc1CN1CCCC(C(N)=NC(=O)Nc2cccc3cnccc23)C1. The summed E-state index contributed by atoms with van der Waals surface area (Å²) < 4.78 is 2.15. The minimum absolute atomic E-state index is 0.0613. The number of aliphatic imine (C=N–C) groups is 1. The molecule has 2 aromatic heterocycles. The summed E-state index contributed by atoms with van der Waals surface area (Å²) in [7, 11) is 0. The number of nitrogens with zero attached hydrogens (tertiary/aromatic N) is 5. The van der Waals surface area contributed by atoms with Crippen molar-refractivity contribution in [2.75, 3.05) is 18.4 Å². The smallest absolute Gasteiger partial charge is 0.347 e. The van der Waals surface area contributed by atoms with E-state index in [9.17, 15) is 4.79 Å². The summed E-state index contributed by atoms with van der Waals surface area (Å²) in [5.74, 6) is 1.50. The molecule has 3 N–H and O–H groups in total. The van der Waals surface area contributed by atoms with Crippen LogP contribution in [0.2, 0.25) is 0 Å². The Balaban J connectivity index is 1.41. The van der Waals surface area contributed by atoms with Crippen LogP contribution in [0.5, 0.6) is 0 Å². The molecule has 1 atom stereocenters. The molecule has 1 aromatic carbocycles. The number of rotatable bonds is 5. The van der Waals surface area contributed by atoms with E-state index in [2.05, 4.69) is 36.7 Å². The van der Waals surface area contributed by atoms with Crippen LogP contribution in [0.1, 0.15) is 25.6 Å². The number of amidine groups is 1. The Hall–Kier alpha value is -3.26. The topological polar surface area (TPSA) is 101 Å². The van der Waals surface area contributed by atoms with Crippen LogP contribution in [0.4, 0.5) is 10.5 Å². The van der Waals surface area contributed by atoms with Gasteiger partial charge in [0, 0.05) is 54.6 Å². The van der Waals surface area contributed by atoms with Gasteiger partial charge in [-0.3, -0.25) is 9.88 Å². The van der Waals surface area contributed by atoms with Gasteiger partial charge in [-0.15, -0.1) is 0 Å². The number of carbonyl (C=O) groups excluding carboxylic acids is 1. The van der Waals surface area contributed by atoms with Gasteiger partial charge in [-0.2, -0.15) is 4.99 Å². The monoisotopic (exact) mass is 405 g/mol. The highest BCUT2D eigenvalue weighted by molar-refractivity contribution is 6.05. The first-order valence-electron chi connectivity index (χ1n) is 10.3. The number of benzene rings is 1. The summed E-state index contributed by atoms with van der Waals surface area (Å²) in [6.07, 6.45) is 9.26. The lowest BCUT2D eigenvalue weighted by Crippen LogP contribution is -2.41. The van der Waals surface area contributed by atoms with Crippen molar-refractivity contribution in [2.45, 2.75) is 32.9 Å². The number of likely N-dealkylation sites (tertiary alicyclic amines) is 1. The molecule has 156 valence electrons. The number of hydrogen-bond acceptors (Lipinski definition) is 4. The predicted octanol–water partition coefficient (Wildman–Crippen LogP) is 3.25. The lowest BCUT2D eigenvalue weighted by molar-refractivity contribution is 0.189. The van der Waals surface area contributed by atoms with Gasteiger partial charge in [-0.25, -0.2) is 9.78 Å². The number of carbonyl (C=O) groups is 1. The van der Waals surface area contributed by atoms with Gasteiger partial charge in [-0.05, 0) is 38.4 Å². The predicted molar refractivity (Wildman–Crippen MR) is 118 cm³/mol. The molecular weight excluding hydrogens is 378 g/mol. The van der Waals surface area contributed by atoms with E-state index in [1.54, 1.807) is 12.4 Å². The molecule has 30 heavy (non-hydrogen) atoms. The van der Waals surface area contributed by atoms with Crippen molar-refractivity contribution in [1.29, 1.82) is 0 Å². The molecule has 4 rings (SSSR count). The third kappa shape index (κ3) is 4.49. The molecule has 3 aromatic rings. The molecule has 0 aliphatic carbocycles. The maximum Gasteiger partial charge on any atom is 0.347 e. The zero-order valence-corrected chi connectivity index (χ0v) is 17.2. The highest BCUT2D eigenvalue weighted by atomic mass is 16.2. The van der Waals surface area contributed by atoms with Crippen molar-refractivity contribution in [2.24, 2.45) is 16.6 Å². The summed E-state index contributed by atoms with van der Waals surface area (Å²) in [6, 6.07) is 7.11. The van der Waals surface area contributed by atoms with Crippen LogP contribution in [0.15, 0.2) is 54.0 Å². The maximum absolute atomic E-state index is 12.5. The summed E-state index contributed by atoms with van der Waals surface area (Å²) >= 11 is 0. The molecule has 1 aliphatic rings. The van der Waals surface area contributed by atoms with Crippen molar-refractivity contribution < 1.29 is 4.79 Å². The van der Waals surface area contributed by atoms with E-state index in [-0.39, 0.29) is 5.92 Å². The van der Waals surface area contributed by atoms with Crippen LogP contribution < -0.4 is 11.1 Å². The molecule has 1 unspecified atom stereocenters. The number of amides is 2. The lowest BCUT2D eigenvalue weighted by atomic mass is 9.97. The van der Waals surface area contributed by atoms with E-state index in [0.29, 0.717) is 11.5 Å². The second-order valence-electron chi connectivity index (χ2n) is 7.57. The molecule has 0 radical (unpaired) electrons. The van der Waals surface area contributed by atoms with Gasteiger partial charge >= 0.3 is 6.03 Å². The average molecular weight is 406 g/mol. The Morgan fingerprint density at radius 1 is 1.33 bits per heavy atom. The van der Waals surface area contributed by atoms with Gasteiger partial charge in [0.1, 0.15) is 11.7 Å². The molecule has 1 saturated heterocycles. The van der Waals surface area contributed by atoms with Crippen molar-refractivity contribution in [3.05, 3.63) is 54.9 Å². The Labute approximate surface area is 175 Å². The van der Waals surface area contributed by atoms with Gasteiger partial charge in [0.15, 0.2) is 0 Å². The second kappa shape index (κ2) is 9.04. The highest BCUT2D eigenvalue weighted by Gasteiger charge is 2.24. The van der Waals surface area contributed by atoms with E-state index in [1.807, 2.05) is 36.7 Å². The Morgan fingerprint density at radius 3 is 3.10 bits per heavy atom. The first-order chi connectivity index (χ1) is 14.6. The molecule has 1 fully saturated rings. The first-order valence-corrected chi connectivity index (χ1v) is 10.3. The zero-order chi connectivity index (χ0) is 20.9. The van der Waals surface area contributed by atoms with E-state index in [0.717, 1.165) is 55.6 Å². The van der Waals surface area contributed by atoms with Crippen molar-refractivity contribution in [1.82, 2.24) is 19.4 Å². The molecule has 1 aliphatic heterocycles. The van der Waals surface area contributed by atoms with Crippen molar-refractivity contribution in [3.63, 3.8) is 0 Å². The Kier molecular flexibility index (Phi) is 6.04. The van der Waals surface area contributed by atoms with Crippen molar-refractivity contribution in [3.8, 4) is 0 Å². The largest absolute Gasteiger partial charge is 0.387 e. The molecule has 0 bridgehead atoms. The van der Waals surface area contributed by atoms with E-state index < -0.39 is 6.03 Å². The number of nitrogens with two attached hydrogens (primary N) is 1. The lowest BCUT2D eigenvalue weighted by Gasteiger charge is -2.32. The molecule has 2 amide bonds. The summed E-state index contributed by atoms with van der Waals surface area (Å²) in [6.45, 7) is 5.57. The fraction of sp³-hybridized carbons (Fsp3) is 0.364. The number of urea groups is 1. The fourth-order valence-electron chi connectivity index (χ4n) is 4.00. The highest BCUT2D eigenvalue weighted by Crippen LogP contribution is 2.23. The van der Waals surface area contributed by atoms with Gasteiger partial charge < -0.3 is 15.6 Å². The minimum Gasteiger partial charge on any atom is -0.387 e. The van der Waals surface area contributed by atoms with E-state index in [4.69, 9.17) is 5.73 Å². The quantitative estimate of drug-likeness (QED) is 0.501. The molecule has 3 heterocycles. The van der Waals surface area contributed by atoms with Crippen LogP contribution >= 0.6 is 0 Å². The number of aromatic nitrogens is 3. The van der Waals surface area contributed by atoms with Crippen LogP contribution in [-0.2, 0) is 13.1 Å². The summed E-state index contributed by atoms with van der Waals surface area (Å²) in [5, 5.41) is 4.74. The minimum atomic E-state index is -0.449. The van der Waals surface area contributed by atoms with Gasteiger partial charge in [0.2, 0.25) is 0 Å². The van der Waals surface area contributed by atoms with Crippen LogP contribution in [-0.4, -0.2) is 44.4 Å². The zero-order valence-electron chi connectivity index (χ0n) is 17.2.